The minimum absolute atomic E-state index is 0.00123. The summed E-state index contributed by atoms with van der Waals surface area (Å²) in [5.41, 5.74) is 0.761. The lowest BCUT2D eigenvalue weighted by Crippen LogP contribution is -2.12. The lowest BCUT2D eigenvalue weighted by atomic mass is 10.2. The highest BCUT2D eigenvalue weighted by molar-refractivity contribution is 9.10. The number of nitro benzene ring substituents is 1. The minimum Gasteiger partial charge on any atom is -0.487 e. The predicted octanol–water partition coefficient (Wildman–Crippen LogP) is 2.65. The second-order valence-electron chi connectivity index (χ2n) is 3.63. The van der Waals surface area contributed by atoms with Crippen LogP contribution in [0.1, 0.15) is 12.0 Å². The smallest absolute Gasteiger partial charge is 0.312 e. The summed E-state index contributed by atoms with van der Waals surface area (Å²) in [5.74, 6) is 0.356. The Morgan fingerprint density at radius 3 is 2.82 bits per heavy atom. The van der Waals surface area contributed by atoms with Crippen molar-refractivity contribution in [2.75, 3.05) is 20.2 Å². The molecule has 1 N–H and O–H groups in total. The van der Waals surface area contributed by atoms with E-state index < -0.39 is 4.92 Å². The van der Waals surface area contributed by atoms with Crippen LogP contribution in [0.25, 0.3) is 0 Å². The van der Waals surface area contributed by atoms with Crippen LogP contribution in [0.3, 0.4) is 0 Å². The van der Waals surface area contributed by atoms with Crippen molar-refractivity contribution >= 4 is 21.6 Å². The second kappa shape index (κ2) is 6.56. The van der Waals surface area contributed by atoms with E-state index in [9.17, 15) is 10.1 Å². The van der Waals surface area contributed by atoms with Crippen molar-refractivity contribution in [3.63, 3.8) is 0 Å². The van der Waals surface area contributed by atoms with E-state index in [1.807, 2.05) is 7.05 Å². The molecule has 0 heterocycles. The molecular formula is C11H15BrN2O3. The highest BCUT2D eigenvalue weighted by Gasteiger charge is 2.18. The van der Waals surface area contributed by atoms with Crippen molar-refractivity contribution in [2.24, 2.45) is 0 Å². The van der Waals surface area contributed by atoms with Gasteiger partial charge >= 0.3 is 5.69 Å². The fraction of sp³-hybridized carbons (Fsp3) is 0.455. The Morgan fingerprint density at radius 1 is 1.53 bits per heavy atom. The Hall–Kier alpha value is -1.14. The Morgan fingerprint density at radius 2 is 2.24 bits per heavy atom. The van der Waals surface area contributed by atoms with Gasteiger partial charge in [0.15, 0.2) is 5.75 Å². The van der Waals surface area contributed by atoms with Crippen LogP contribution >= 0.6 is 15.9 Å². The van der Waals surface area contributed by atoms with E-state index in [2.05, 4.69) is 21.2 Å². The largest absolute Gasteiger partial charge is 0.487 e. The van der Waals surface area contributed by atoms with Gasteiger partial charge in [0, 0.05) is 10.5 Å². The van der Waals surface area contributed by atoms with Crippen LogP contribution in [0.15, 0.2) is 16.6 Å². The number of rotatable bonds is 6. The van der Waals surface area contributed by atoms with E-state index >= 15 is 0 Å². The van der Waals surface area contributed by atoms with E-state index in [0.29, 0.717) is 16.8 Å². The van der Waals surface area contributed by atoms with Crippen molar-refractivity contribution < 1.29 is 9.66 Å². The average molecular weight is 303 g/mol. The maximum Gasteiger partial charge on any atom is 0.312 e. The molecule has 0 atom stereocenters. The number of ether oxygens (including phenoxy) is 1. The van der Waals surface area contributed by atoms with Crippen LogP contribution in [0.5, 0.6) is 5.75 Å². The molecule has 1 aromatic carbocycles. The molecule has 17 heavy (non-hydrogen) atoms. The molecule has 0 aliphatic rings. The standard InChI is InChI=1S/C11H15BrN2O3/c1-8-6-9(12)7-10(14(15)16)11(8)17-5-3-4-13-2/h6-7,13H,3-5H2,1-2H3. The van der Waals surface area contributed by atoms with Crippen molar-refractivity contribution in [1.82, 2.24) is 5.32 Å². The number of nitrogens with zero attached hydrogens (tertiary/aromatic N) is 1. The lowest BCUT2D eigenvalue weighted by Gasteiger charge is -2.09. The first-order valence-corrected chi connectivity index (χ1v) is 6.07. The summed E-state index contributed by atoms with van der Waals surface area (Å²) >= 11 is 3.24. The number of hydrogen-bond acceptors (Lipinski definition) is 4. The summed E-state index contributed by atoms with van der Waals surface area (Å²) < 4.78 is 6.17. The van der Waals surface area contributed by atoms with Crippen molar-refractivity contribution in [3.8, 4) is 5.75 Å². The van der Waals surface area contributed by atoms with Gasteiger partial charge in [0.1, 0.15) is 0 Å². The molecule has 0 spiro atoms. The summed E-state index contributed by atoms with van der Waals surface area (Å²) in [7, 11) is 1.85. The summed E-state index contributed by atoms with van der Waals surface area (Å²) in [4.78, 5) is 10.5. The summed E-state index contributed by atoms with van der Waals surface area (Å²) in [6.45, 7) is 3.08. The molecule has 0 saturated carbocycles. The fourth-order valence-corrected chi connectivity index (χ4v) is 2.02. The topological polar surface area (TPSA) is 64.4 Å². The molecule has 6 heteroatoms. The summed E-state index contributed by atoms with van der Waals surface area (Å²) in [6.07, 6.45) is 0.809. The third kappa shape index (κ3) is 3.98. The Bertz CT molecular complexity index is 410. The van der Waals surface area contributed by atoms with Crippen LogP contribution in [0.2, 0.25) is 0 Å². The quantitative estimate of drug-likeness (QED) is 0.498. The zero-order valence-corrected chi connectivity index (χ0v) is 11.4. The molecule has 1 rings (SSSR count). The zero-order chi connectivity index (χ0) is 12.8. The molecule has 0 aliphatic carbocycles. The van der Waals surface area contributed by atoms with Crippen LogP contribution in [0.4, 0.5) is 5.69 Å². The molecule has 0 fully saturated rings. The highest BCUT2D eigenvalue weighted by atomic mass is 79.9. The molecule has 0 aliphatic heterocycles. The molecule has 0 bridgehead atoms. The van der Waals surface area contributed by atoms with Gasteiger partial charge in [-0.05, 0) is 38.6 Å². The van der Waals surface area contributed by atoms with Crippen molar-refractivity contribution in [3.05, 3.63) is 32.3 Å². The number of nitrogens with one attached hydrogen (secondary N) is 1. The highest BCUT2D eigenvalue weighted by Crippen LogP contribution is 2.34. The molecule has 0 unspecified atom stereocenters. The van der Waals surface area contributed by atoms with Gasteiger partial charge < -0.3 is 10.1 Å². The molecule has 0 aromatic heterocycles. The van der Waals surface area contributed by atoms with Gasteiger partial charge in [0.2, 0.25) is 0 Å². The number of halogens is 1. The van der Waals surface area contributed by atoms with Crippen LogP contribution in [-0.2, 0) is 0 Å². The maximum absolute atomic E-state index is 10.9. The SMILES string of the molecule is CNCCCOc1c(C)cc(Br)cc1[N+](=O)[O-]. The van der Waals surface area contributed by atoms with Gasteiger partial charge in [-0.15, -0.1) is 0 Å². The molecule has 1 aromatic rings. The number of benzene rings is 1. The van der Waals surface area contributed by atoms with Gasteiger partial charge in [-0.3, -0.25) is 10.1 Å². The van der Waals surface area contributed by atoms with Gasteiger partial charge in [0.25, 0.3) is 0 Å². The zero-order valence-electron chi connectivity index (χ0n) is 9.83. The molecule has 0 saturated heterocycles. The van der Waals surface area contributed by atoms with Crippen LogP contribution < -0.4 is 10.1 Å². The van der Waals surface area contributed by atoms with E-state index in [-0.39, 0.29) is 5.69 Å². The van der Waals surface area contributed by atoms with Gasteiger partial charge in [-0.1, -0.05) is 15.9 Å². The minimum atomic E-state index is -0.425. The van der Waals surface area contributed by atoms with Crippen molar-refractivity contribution in [1.29, 1.82) is 0 Å². The number of nitro groups is 1. The van der Waals surface area contributed by atoms with Gasteiger partial charge in [-0.2, -0.15) is 0 Å². The van der Waals surface area contributed by atoms with Crippen LogP contribution in [0, 0.1) is 17.0 Å². The fourth-order valence-electron chi connectivity index (χ4n) is 1.46. The van der Waals surface area contributed by atoms with Gasteiger partial charge in [-0.25, -0.2) is 0 Å². The molecular weight excluding hydrogens is 288 g/mol. The van der Waals surface area contributed by atoms with E-state index in [1.165, 1.54) is 6.07 Å². The van der Waals surface area contributed by atoms with Crippen LogP contribution in [-0.4, -0.2) is 25.1 Å². The van der Waals surface area contributed by atoms with E-state index in [0.717, 1.165) is 18.5 Å². The Kier molecular flexibility index (Phi) is 5.37. The van der Waals surface area contributed by atoms with Crippen molar-refractivity contribution in [2.45, 2.75) is 13.3 Å². The Labute approximate surface area is 108 Å². The van der Waals surface area contributed by atoms with Gasteiger partial charge in [0.05, 0.1) is 11.5 Å². The third-order valence-electron chi connectivity index (χ3n) is 2.23. The molecule has 0 radical (unpaired) electrons. The average Bonchev–Trinajstić information content (AvgIpc) is 2.25. The maximum atomic E-state index is 10.9. The number of hydrogen-bond donors (Lipinski definition) is 1. The first kappa shape index (κ1) is 13.9. The summed E-state index contributed by atoms with van der Waals surface area (Å²) in [6, 6.07) is 3.26. The first-order valence-electron chi connectivity index (χ1n) is 5.28. The molecule has 5 nitrogen and oxygen atoms in total. The predicted molar refractivity (Wildman–Crippen MR) is 69.6 cm³/mol. The molecule has 0 amide bonds. The second-order valence-corrected chi connectivity index (χ2v) is 4.55. The van der Waals surface area contributed by atoms with E-state index in [4.69, 9.17) is 4.74 Å². The Balaban J connectivity index is 2.85. The monoisotopic (exact) mass is 302 g/mol. The third-order valence-corrected chi connectivity index (χ3v) is 2.69. The molecule has 94 valence electrons. The summed E-state index contributed by atoms with van der Waals surface area (Å²) in [5, 5.41) is 13.9. The lowest BCUT2D eigenvalue weighted by molar-refractivity contribution is -0.386. The first-order chi connectivity index (χ1) is 8.06. The number of aryl methyl sites for hydroxylation is 1. The van der Waals surface area contributed by atoms with E-state index in [1.54, 1.807) is 13.0 Å². The normalized spacial score (nSPS) is 10.3.